The summed E-state index contributed by atoms with van der Waals surface area (Å²) in [5.74, 6) is 3.29. The van der Waals surface area contributed by atoms with Crippen LogP contribution in [0.1, 0.15) is 58.8 Å². The predicted molar refractivity (Wildman–Crippen MR) is 85.1 cm³/mol. The summed E-state index contributed by atoms with van der Waals surface area (Å²) in [6, 6.07) is 0. The molecule has 0 spiro atoms. The van der Waals surface area contributed by atoms with E-state index in [1.54, 1.807) is 0 Å². The molecule has 9 unspecified atom stereocenters. The van der Waals surface area contributed by atoms with Crippen molar-refractivity contribution in [1.82, 2.24) is 0 Å². The molecule has 0 bridgehead atoms. The van der Waals surface area contributed by atoms with Crippen molar-refractivity contribution in [1.29, 1.82) is 0 Å². The number of aliphatic hydroxyl groups excluding tert-OH is 3. The van der Waals surface area contributed by atoms with Gasteiger partial charge in [-0.05, 0) is 85.9 Å². The van der Waals surface area contributed by atoms with Gasteiger partial charge in [-0.2, -0.15) is 0 Å². The molecule has 0 amide bonds. The van der Waals surface area contributed by atoms with Crippen LogP contribution in [0.4, 0.5) is 0 Å². The highest BCUT2D eigenvalue weighted by Gasteiger charge is 2.59. The van der Waals surface area contributed by atoms with Crippen LogP contribution in [0.5, 0.6) is 0 Å². The number of hydrogen-bond donors (Lipinski definition) is 3. The Bertz CT molecular complexity index is 438. The standard InChI is InChI=1S/C19H32O3/c1-10-7-11(20)8-14-16(21)9-13-12(18(10)14)5-6-19(2)15(13)3-4-17(19)22/h10-18,20-22H,3-9H2,1-2H3/t10?,11?,12?,13?,14?,15?,16?,17?,18?,19-/m0/s1. The topological polar surface area (TPSA) is 60.7 Å². The van der Waals surface area contributed by atoms with Crippen LogP contribution in [0.25, 0.3) is 0 Å². The van der Waals surface area contributed by atoms with Crippen LogP contribution in [-0.4, -0.2) is 33.6 Å². The normalized spacial score (nSPS) is 61.2. The fourth-order valence-electron chi connectivity index (χ4n) is 7.29. The van der Waals surface area contributed by atoms with E-state index in [9.17, 15) is 15.3 Å². The van der Waals surface area contributed by atoms with Gasteiger partial charge in [0, 0.05) is 0 Å². The third kappa shape index (κ3) is 2.04. The SMILES string of the molecule is CC1CC(O)CC2C(O)CC3C(CC[C@]4(C)C(O)CCC34)C12. The minimum absolute atomic E-state index is 0.0884. The molecule has 3 nitrogen and oxygen atoms in total. The van der Waals surface area contributed by atoms with Gasteiger partial charge in [-0.3, -0.25) is 0 Å². The minimum atomic E-state index is -0.247. The predicted octanol–water partition coefficient (Wildman–Crippen LogP) is 2.58. The number of fused-ring (bicyclic) bond motifs is 5. The molecular formula is C19H32O3. The first kappa shape index (κ1) is 15.4. The second kappa shape index (κ2) is 5.19. The lowest BCUT2D eigenvalue weighted by atomic mass is 9.48. The van der Waals surface area contributed by atoms with Gasteiger partial charge >= 0.3 is 0 Å². The maximum absolute atomic E-state index is 10.8. The van der Waals surface area contributed by atoms with Gasteiger partial charge in [0.2, 0.25) is 0 Å². The van der Waals surface area contributed by atoms with Crippen LogP contribution in [0, 0.1) is 40.9 Å². The third-order valence-corrected chi connectivity index (χ3v) is 8.28. The van der Waals surface area contributed by atoms with Gasteiger partial charge < -0.3 is 15.3 Å². The van der Waals surface area contributed by atoms with Crippen molar-refractivity contribution >= 4 is 0 Å². The lowest BCUT2D eigenvalue weighted by molar-refractivity contribution is -0.147. The third-order valence-electron chi connectivity index (χ3n) is 8.28. The molecule has 3 N–H and O–H groups in total. The quantitative estimate of drug-likeness (QED) is 0.644. The number of aliphatic hydroxyl groups is 3. The second-order valence-corrected chi connectivity index (χ2v) is 9.22. The summed E-state index contributed by atoms with van der Waals surface area (Å²) >= 11 is 0. The molecular weight excluding hydrogens is 276 g/mol. The Hall–Kier alpha value is -0.120. The average molecular weight is 308 g/mol. The molecule has 0 heterocycles. The van der Waals surface area contributed by atoms with E-state index in [1.165, 1.54) is 6.42 Å². The Labute approximate surface area is 134 Å². The number of hydrogen-bond acceptors (Lipinski definition) is 3. The zero-order valence-corrected chi connectivity index (χ0v) is 14.0. The molecule has 22 heavy (non-hydrogen) atoms. The highest BCUT2D eigenvalue weighted by Crippen LogP contribution is 2.63. The van der Waals surface area contributed by atoms with Crippen LogP contribution in [0.2, 0.25) is 0 Å². The molecule has 4 aliphatic rings. The molecule has 0 aromatic carbocycles. The zero-order valence-electron chi connectivity index (χ0n) is 14.0. The summed E-state index contributed by atoms with van der Waals surface area (Å²) in [6.45, 7) is 4.57. The first-order valence-corrected chi connectivity index (χ1v) is 9.46. The number of rotatable bonds is 0. The molecule has 126 valence electrons. The highest BCUT2D eigenvalue weighted by molar-refractivity contribution is 5.08. The fourth-order valence-corrected chi connectivity index (χ4v) is 7.29. The minimum Gasteiger partial charge on any atom is -0.393 e. The monoisotopic (exact) mass is 308 g/mol. The molecule has 4 saturated carbocycles. The summed E-state index contributed by atoms with van der Waals surface area (Å²) in [5, 5.41) is 31.4. The van der Waals surface area contributed by atoms with Gasteiger partial charge in [0.15, 0.2) is 0 Å². The van der Waals surface area contributed by atoms with Gasteiger partial charge in [-0.1, -0.05) is 13.8 Å². The van der Waals surface area contributed by atoms with E-state index in [2.05, 4.69) is 13.8 Å². The first-order chi connectivity index (χ1) is 10.4. The van der Waals surface area contributed by atoms with Gasteiger partial charge in [-0.15, -0.1) is 0 Å². The first-order valence-electron chi connectivity index (χ1n) is 9.46. The summed E-state index contributed by atoms with van der Waals surface area (Å²) in [5.41, 5.74) is 0.0884. The molecule has 0 radical (unpaired) electrons. The van der Waals surface area contributed by atoms with Gasteiger partial charge in [0.05, 0.1) is 18.3 Å². The van der Waals surface area contributed by atoms with Crippen LogP contribution < -0.4 is 0 Å². The van der Waals surface area contributed by atoms with E-state index < -0.39 is 0 Å². The van der Waals surface area contributed by atoms with Gasteiger partial charge in [0.25, 0.3) is 0 Å². The van der Waals surface area contributed by atoms with E-state index in [1.807, 2.05) is 0 Å². The van der Waals surface area contributed by atoms with E-state index >= 15 is 0 Å². The van der Waals surface area contributed by atoms with Gasteiger partial charge in [-0.25, -0.2) is 0 Å². The summed E-state index contributed by atoms with van der Waals surface area (Å²) in [6.07, 6.45) is 6.44. The Morgan fingerprint density at radius 2 is 1.64 bits per heavy atom. The van der Waals surface area contributed by atoms with Crippen molar-refractivity contribution in [2.24, 2.45) is 40.9 Å². The van der Waals surface area contributed by atoms with Gasteiger partial charge in [0.1, 0.15) is 0 Å². The lowest BCUT2D eigenvalue weighted by Gasteiger charge is -2.58. The van der Waals surface area contributed by atoms with Crippen molar-refractivity contribution < 1.29 is 15.3 Å². The Morgan fingerprint density at radius 1 is 0.864 bits per heavy atom. The van der Waals surface area contributed by atoms with E-state index in [-0.39, 0.29) is 23.7 Å². The highest BCUT2D eigenvalue weighted by atomic mass is 16.3. The molecule has 4 rings (SSSR count). The fraction of sp³-hybridized carbons (Fsp3) is 1.00. The molecule has 0 aliphatic heterocycles. The van der Waals surface area contributed by atoms with Crippen LogP contribution in [-0.2, 0) is 0 Å². The summed E-state index contributed by atoms with van der Waals surface area (Å²) in [7, 11) is 0. The van der Waals surface area contributed by atoms with E-state index in [4.69, 9.17) is 0 Å². The largest absolute Gasteiger partial charge is 0.393 e. The summed E-state index contributed by atoms with van der Waals surface area (Å²) in [4.78, 5) is 0. The second-order valence-electron chi connectivity index (χ2n) is 9.22. The molecule has 10 atom stereocenters. The molecule has 0 saturated heterocycles. The van der Waals surface area contributed by atoms with Crippen LogP contribution >= 0.6 is 0 Å². The average Bonchev–Trinajstić information content (AvgIpc) is 2.75. The Kier molecular flexibility index (Phi) is 3.63. The molecule has 0 aromatic heterocycles. The van der Waals surface area contributed by atoms with Crippen LogP contribution in [0.3, 0.4) is 0 Å². The molecule has 4 aliphatic carbocycles. The summed E-state index contributed by atoms with van der Waals surface area (Å²) < 4.78 is 0. The maximum atomic E-state index is 10.8. The molecule has 4 fully saturated rings. The van der Waals surface area contributed by atoms with Crippen LogP contribution in [0.15, 0.2) is 0 Å². The Balaban J connectivity index is 1.64. The van der Waals surface area contributed by atoms with Crippen molar-refractivity contribution in [2.45, 2.75) is 77.1 Å². The zero-order chi connectivity index (χ0) is 15.6. The lowest BCUT2D eigenvalue weighted by Crippen LogP contribution is -2.55. The maximum Gasteiger partial charge on any atom is 0.0596 e. The Morgan fingerprint density at radius 3 is 2.41 bits per heavy atom. The van der Waals surface area contributed by atoms with Crippen molar-refractivity contribution in [3.05, 3.63) is 0 Å². The van der Waals surface area contributed by atoms with Crippen molar-refractivity contribution in [2.75, 3.05) is 0 Å². The molecule has 3 heteroatoms. The van der Waals surface area contributed by atoms with Crippen molar-refractivity contribution in [3.63, 3.8) is 0 Å². The van der Waals surface area contributed by atoms with E-state index in [0.29, 0.717) is 35.5 Å². The van der Waals surface area contributed by atoms with Crippen molar-refractivity contribution in [3.8, 4) is 0 Å². The van der Waals surface area contributed by atoms with E-state index in [0.717, 1.165) is 38.5 Å². The molecule has 0 aromatic rings. The smallest absolute Gasteiger partial charge is 0.0596 e.